The maximum Gasteiger partial charge on any atom is 0.512 e. The van der Waals surface area contributed by atoms with Gasteiger partial charge >= 0.3 is 6.16 Å². The van der Waals surface area contributed by atoms with Gasteiger partial charge in [-0.25, -0.2) is 4.79 Å². The lowest BCUT2D eigenvalue weighted by atomic mass is 10.0. The molecule has 0 bridgehead atoms. The molecule has 2 aromatic heterocycles. The monoisotopic (exact) mass is 537 g/mol. The van der Waals surface area contributed by atoms with E-state index in [1.807, 2.05) is 95.6 Å². The Balaban J connectivity index is 1.50. The van der Waals surface area contributed by atoms with Crippen molar-refractivity contribution in [2.45, 2.75) is 13.2 Å². The first-order valence-corrected chi connectivity index (χ1v) is 12.9. The summed E-state index contributed by atoms with van der Waals surface area (Å²) >= 11 is 1.16. The molecule has 0 spiro atoms. The van der Waals surface area contributed by atoms with Crippen LogP contribution in [0.1, 0.15) is 11.1 Å². The zero-order chi connectivity index (χ0) is 26.8. The highest BCUT2D eigenvalue weighted by atomic mass is 32.1. The van der Waals surface area contributed by atoms with Crippen molar-refractivity contribution in [1.29, 1.82) is 0 Å². The number of fused-ring (bicyclic) bond motifs is 2. The molecule has 4 aromatic carbocycles. The van der Waals surface area contributed by atoms with Crippen molar-refractivity contribution in [2.24, 2.45) is 0 Å². The van der Waals surface area contributed by atoms with Crippen molar-refractivity contribution in [3.05, 3.63) is 102 Å². The van der Waals surface area contributed by atoms with E-state index in [0.29, 0.717) is 30.2 Å². The van der Waals surface area contributed by atoms with Gasteiger partial charge in [0.15, 0.2) is 0 Å². The van der Waals surface area contributed by atoms with Crippen molar-refractivity contribution < 1.29 is 24.1 Å². The molecule has 194 valence electrons. The normalized spacial score (nSPS) is 11.1. The van der Waals surface area contributed by atoms with Gasteiger partial charge in [0.05, 0.1) is 36.5 Å². The largest absolute Gasteiger partial charge is 0.512 e. The van der Waals surface area contributed by atoms with Crippen LogP contribution in [-0.4, -0.2) is 31.7 Å². The van der Waals surface area contributed by atoms with E-state index in [9.17, 15) is 9.90 Å². The van der Waals surface area contributed by atoms with Crippen molar-refractivity contribution in [3.63, 3.8) is 0 Å². The van der Waals surface area contributed by atoms with Gasteiger partial charge in [-0.05, 0) is 53.1 Å². The summed E-state index contributed by atoms with van der Waals surface area (Å²) in [5.41, 5.74) is 5.83. The van der Waals surface area contributed by atoms with Crippen LogP contribution >= 0.6 is 11.7 Å². The van der Waals surface area contributed by atoms with E-state index in [1.165, 1.54) is 0 Å². The van der Waals surface area contributed by atoms with Crippen LogP contribution in [-0.2, 0) is 13.2 Å². The summed E-state index contributed by atoms with van der Waals surface area (Å²) in [6, 6.07) is 28.9. The van der Waals surface area contributed by atoms with Crippen LogP contribution in [0.5, 0.6) is 17.4 Å². The third-order valence-electron chi connectivity index (χ3n) is 6.46. The first-order valence-electron chi connectivity index (χ1n) is 12.2. The lowest BCUT2D eigenvalue weighted by Gasteiger charge is -2.12. The Labute approximate surface area is 228 Å². The quantitative estimate of drug-likeness (QED) is 0.209. The smallest absolute Gasteiger partial charge is 0.497 e. The molecule has 1 N–H and O–H groups in total. The van der Waals surface area contributed by atoms with E-state index in [-0.39, 0.29) is 5.88 Å². The first-order chi connectivity index (χ1) is 19.1. The van der Waals surface area contributed by atoms with Gasteiger partial charge in [0.1, 0.15) is 29.1 Å². The molecule has 0 aliphatic rings. The zero-order valence-corrected chi connectivity index (χ0v) is 21.7. The fraction of sp³-hybridized carbons (Fsp3) is 0.100. The van der Waals surface area contributed by atoms with E-state index in [0.717, 1.165) is 50.4 Å². The Morgan fingerprint density at radius 2 is 1.64 bits per heavy atom. The summed E-state index contributed by atoms with van der Waals surface area (Å²) in [6.07, 6.45) is -1.39. The van der Waals surface area contributed by atoms with Crippen molar-refractivity contribution >= 4 is 39.8 Å². The molecule has 0 atom stereocenters. The third kappa shape index (κ3) is 4.99. The topological polar surface area (TPSA) is 95.7 Å². The minimum absolute atomic E-state index is 0.222. The SMILES string of the molecule is COc1ccc(-c2c(OC(=O)O)n(Cc3ccc4nsnc4c3)c3cc(OCc4ccccc4)ccc23)cc1. The predicted octanol–water partition coefficient (Wildman–Crippen LogP) is 7.01. The van der Waals surface area contributed by atoms with Gasteiger partial charge in [0.2, 0.25) is 5.88 Å². The van der Waals surface area contributed by atoms with E-state index in [1.54, 1.807) is 7.11 Å². The number of carboxylic acid groups (broad SMARTS) is 1. The van der Waals surface area contributed by atoms with Crippen LogP contribution in [0.3, 0.4) is 0 Å². The molecule has 0 fully saturated rings. The second-order valence-corrected chi connectivity index (χ2v) is 9.43. The van der Waals surface area contributed by atoms with Crippen LogP contribution in [0, 0.1) is 0 Å². The van der Waals surface area contributed by atoms with Gasteiger partial charge in [0, 0.05) is 11.5 Å². The van der Waals surface area contributed by atoms with Gasteiger partial charge in [-0.1, -0.05) is 48.5 Å². The Morgan fingerprint density at radius 3 is 2.41 bits per heavy atom. The van der Waals surface area contributed by atoms with Gasteiger partial charge in [-0.3, -0.25) is 0 Å². The summed E-state index contributed by atoms with van der Waals surface area (Å²) in [5.74, 6) is 1.58. The molecule has 0 amide bonds. The summed E-state index contributed by atoms with van der Waals surface area (Å²) in [5, 5.41) is 10.6. The van der Waals surface area contributed by atoms with Crippen molar-refractivity contribution in [1.82, 2.24) is 13.3 Å². The molecule has 9 heteroatoms. The Kier molecular flexibility index (Phi) is 6.56. The number of nitrogens with zero attached hydrogens (tertiary/aromatic N) is 3. The lowest BCUT2D eigenvalue weighted by molar-refractivity contribution is 0.141. The maximum atomic E-state index is 11.9. The molecular weight excluding hydrogens is 514 g/mol. The number of carbonyl (C=O) groups is 1. The van der Waals surface area contributed by atoms with Gasteiger partial charge in [-0.2, -0.15) is 8.75 Å². The number of benzene rings is 4. The number of rotatable bonds is 8. The molecule has 0 saturated heterocycles. The van der Waals surface area contributed by atoms with E-state index in [2.05, 4.69) is 8.75 Å². The Bertz CT molecular complexity index is 1780. The van der Waals surface area contributed by atoms with Crippen LogP contribution in [0.2, 0.25) is 0 Å². The zero-order valence-electron chi connectivity index (χ0n) is 20.9. The molecule has 0 saturated carbocycles. The van der Waals surface area contributed by atoms with Crippen LogP contribution in [0.25, 0.3) is 33.1 Å². The van der Waals surface area contributed by atoms with Crippen LogP contribution < -0.4 is 14.2 Å². The number of hydrogen-bond acceptors (Lipinski definition) is 7. The number of aromatic nitrogens is 3. The minimum atomic E-state index is -1.39. The molecule has 39 heavy (non-hydrogen) atoms. The molecule has 6 rings (SSSR count). The second-order valence-electron chi connectivity index (χ2n) is 8.90. The summed E-state index contributed by atoms with van der Waals surface area (Å²) in [4.78, 5) is 11.9. The highest BCUT2D eigenvalue weighted by Gasteiger charge is 2.23. The standard InChI is InChI=1S/C30H23N3O5S/c1-36-22-10-8-21(9-11-22)28-24-13-12-23(37-18-19-5-3-2-4-6-19)16-27(24)33(29(28)38-30(34)35)17-20-7-14-25-26(15-20)32-39-31-25/h2-16H,17-18H2,1H3,(H,34,35). The Morgan fingerprint density at radius 1 is 0.872 bits per heavy atom. The number of methoxy groups -OCH3 is 1. The van der Waals surface area contributed by atoms with Gasteiger partial charge in [-0.15, -0.1) is 0 Å². The molecule has 0 radical (unpaired) electrons. The molecule has 0 aliphatic carbocycles. The fourth-order valence-electron chi connectivity index (χ4n) is 4.63. The predicted molar refractivity (Wildman–Crippen MR) is 150 cm³/mol. The average Bonchev–Trinajstić information content (AvgIpc) is 3.54. The molecule has 8 nitrogen and oxygen atoms in total. The van der Waals surface area contributed by atoms with Crippen LogP contribution in [0.4, 0.5) is 4.79 Å². The summed E-state index contributed by atoms with van der Waals surface area (Å²) in [7, 11) is 1.60. The van der Waals surface area contributed by atoms with E-state index < -0.39 is 6.16 Å². The fourth-order valence-corrected chi connectivity index (χ4v) is 5.14. The Hall–Kier alpha value is -4.89. The third-order valence-corrected chi connectivity index (χ3v) is 7.01. The maximum absolute atomic E-state index is 11.9. The molecule has 2 heterocycles. The summed E-state index contributed by atoms with van der Waals surface area (Å²) in [6.45, 7) is 0.759. The number of hydrogen-bond donors (Lipinski definition) is 1. The first kappa shape index (κ1) is 24.4. The summed E-state index contributed by atoms with van der Waals surface area (Å²) < 4.78 is 27.4. The second kappa shape index (κ2) is 10.5. The minimum Gasteiger partial charge on any atom is -0.497 e. The lowest BCUT2D eigenvalue weighted by Crippen LogP contribution is -2.10. The van der Waals surface area contributed by atoms with Gasteiger partial charge in [0.25, 0.3) is 0 Å². The highest BCUT2D eigenvalue weighted by molar-refractivity contribution is 7.00. The van der Waals surface area contributed by atoms with Crippen molar-refractivity contribution in [3.8, 4) is 28.5 Å². The number of ether oxygens (including phenoxy) is 3. The van der Waals surface area contributed by atoms with E-state index in [4.69, 9.17) is 14.2 Å². The van der Waals surface area contributed by atoms with Crippen molar-refractivity contribution in [2.75, 3.05) is 7.11 Å². The van der Waals surface area contributed by atoms with Gasteiger partial charge < -0.3 is 23.9 Å². The highest BCUT2D eigenvalue weighted by Crippen LogP contribution is 2.42. The molecule has 6 aromatic rings. The molecule has 0 unspecified atom stereocenters. The van der Waals surface area contributed by atoms with Crippen LogP contribution in [0.15, 0.2) is 91.0 Å². The average molecular weight is 538 g/mol. The van der Waals surface area contributed by atoms with E-state index >= 15 is 0 Å². The molecule has 0 aliphatic heterocycles. The molecular formula is C30H23N3O5S.